The van der Waals surface area contributed by atoms with Crippen LogP contribution in [0.4, 0.5) is 5.69 Å². The number of primary amides is 1. The van der Waals surface area contributed by atoms with Crippen LogP contribution in [0.5, 0.6) is 0 Å². The quantitative estimate of drug-likeness (QED) is 0.763. The van der Waals surface area contributed by atoms with E-state index in [-0.39, 0.29) is 5.54 Å². The van der Waals surface area contributed by atoms with Crippen molar-refractivity contribution in [3.63, 3.8) is 0 Å². The first-order valence-corrected chi connectivity index (χ1v) is 6.42. The van der Waals surface area contributed by atoms with Crippen molar-refractivity contribution in [3.8, 4) is 0 Å². The predicted octanol–water partition coefficient (Wildman–Crippen LogP) is 1.98. The molecule has 0 heterocycles. The Bertz CT molecular complexity index is 473. The van der Waals surface area contributed by atoms with Gasteiger partial charge in [0.2, 0.25) is 0 Å². The second-order valence-electron chi connectivity index (χ2n) is 5.05. The molecule has 5 heteroatoms. The SMILES string of the molecule is CC(CN)(Nc1cccc(Cl)c1C(N)=O)C1CC1. The lowest BCUT2D eigenvalue weighted by Gasteiger charge is -2.31. The van der Waals surface area contributed by atoms with Crippen LogP contribution in [0.25, 0.3) is 0 Å². The van der Waals surface area contributed by atoms with Crippen molar-refractivity contribution in [1.82, 2.24) is 0 Å². The molecule has 0 spiro atoms. The molecule has 1 aromatic rings. The summed E-state index contributed by atoms with van der Waals surface area (Å²) in [5, 5.41) is 3.71. The lowest BCUT2D eigenvalue weighted by Crippen LogP contribution is -2.45. The lowest BCUT2D eigenvalue weighted by molar-refractivity contribution is 0.100. The molecule has 1 unspecified atom stereocenters. The summed E-state index contributed by atoms with van der Waals surface area (Å²) in [5.41, 5.74) is 12.0. The molecule has 2 rings (SSSR count). The minimum atomic E-state index is -0.529. The highest BCUT2D eigenvalue weighted by Gasteiger charge is 2.41. The Morgan fingerprint density at radius 2 is 2.22 bits per heavy atom. The third-order valence-electron chi connectivity index (χ3n) is 3.58. The molecule has 0 aromatic heterocycles. The van der Waals surface area contributed by atoms with Crippen molar-refractivity contribution in [1.29, 1.82) is 0 Å². The Kier molecular flexibility index (Phi) is 3.50. The van der Waals surface area contributed by atoms with Crippen LogP contribution >= 0.6 is 11.6 Å². The first-order valence-electron chi connectivity index (χ1n) is 6.04. The van der Waals surface area contributed by atoms with E-state index in [9.17, 15) is 4.79 Å². The van der Waals surface area contributed by atoms with Crippen LogP contribution in [0.2, 0.25) is 5.02 Å². The zero-order valence-corrected chi connectivity index (χ0v) is 11.1. The minimum absolute atomic E-state index is 0.213. The van der Waals surface area contributed by atoms with Crippen molar-refractivity contribution < 1.29 is 4.79 Å². The summed E-state index contributed by atoms with van der Waals surface area (Å²) in [5.74, 6) is 0.0143. The van der Waals surface area contributed by atoms with E-state index < -0.39 is 5.91 Å². The summed E-state index contributed by atoms with van der Waals surface area (Å²) in [6, 6.07) is 5.26. The molecule has 5 N–H and O–H groups in total. The van der Waals surface area contributed by atoms with Gasteiger partial charge in [-0.05, 0) is 37.8 Å². The maximum absolute atomic E-state index is 11.5. The van der Waals surface area contributed by atoms with Crippen LogP contribution in [0, 0.1) is 5.92 Å². The molecule has 1 aliphatic rings. The summed E-state index contributed by atoms with van der Waals surface area (Å²) in [4.78, 5) is 11.5. The second kappa shape index (κ2) is 4.78. The van der Waals surface area contributed by atoms with Crippen LogP contribution < -0.4 is 16.8 Å². The van der Waals surface area contributed by atoms with Crippen LogP contribution in [0.3, 0.4) is 0 Å². The van der Waals surface area contributed by atoms with Gasteiger partial charge >= 0.3 is 0 Å². The van der Waals surface area contributed by atoms with Gasteiger partial charge in [0.1, 0.15) is 0 Å². The number of anilines is 1. The molecular formula is C13H18ClN3O. The third kappa shape index (κ3) is 2.44. The van der Waals surface area contributed by atoms with Gasteiger partial charge in [0.15, 0.2) is 0 Å². The largest absolute Gasteiger partial charge is 0.378 e. The molecule has 98 valence electrons. The average Bonchev–Trinajstić information content (AvgIpc) is 3.12. The van der Waals surface area contributed by atoms with E-state index in [4.69, 9.17) is 23.1 Å². The van der Waals surface area contributed by atoms with E-state index in [0.717, 1.165) is 12.8 Å². The molecule has 0 bridgehead atoms. The summed E-state index contributed by atoms with van der Waals surface area (Å²) in [7, 11) is 0. The zero-order chi connectivity index (χ0) is 13.3. The molecule has 4 nitrogen and oxygen atoms in total. The summed E-state index contributed by atoms with van der Waals surface area (Å²) in [6.07, 6.45) is 2.32. The van der Waals surface area contributed by atoms with Gasteiger partial charge < -0.3 is 16.8 Å². The summed E-state index contributed by atoms with van der Waals surface area (Å²) >= 11 is 6.02. The van der Waals surface area contributed by atoms with Gasteiger partial charge in [-0.15, -0.1) is 0 Å². The van der Waals surface area contributed by atoms with Crippen molar-refractivity contribution in [2.45, 2.75) is 25.3 Å². The van der Waals surface area contributed by atoms with E-state index in [1.807, 2.05) is 6.07 Å². The summed E-state index contributed by atoms with van der Waals surface area (Å²) in [6.45, 7) is 2.57. The number of halogens is 1. The topological polar surface area (TPSA) is 81.1 Å². The number of nitrogens with one attached hydrogen (secondary N) is 1. The van der Waals surface area contributed by atoms with Crippen LogP contribution in [-0.4, -0.2) is 18.0 Å². The minimum Gasteiger partial charge on any atom is -0.378 e. The van der Waals surface area contributed by atoms with Crippen LogP contribution in [-0.2, 0) is 0 Å². The Balaban J connectivity index is 2.33. The van der Waals surface area contributed by atoms with E-state index in [1.54, 1.807) is 12.1 Å². The highest BCUT2D eigenvalue weighted by molar-refractivity contribution is 6.34. The van der Waals surface area contributed by atoms with E-state index >= 15 is 0 Å². The lowest BCUT2D eigenvalue weighted by atomic mass is 9.95. The Labute approximate surface area is 112 Å². The number of carbonyl (C=O) groups is 1. The van der Waals surface area contributed by atoms with Gasteiger partial charge in [-0.3, -0.25) is 4.79 Å². The third-order valence-corrected chi connectivity index (χ3v) is 3.90. The maximum Gasteiger partial charge on any atom is 0.252 e. The number of amides is 1. The molecular weight excluding hydrogens is 250 g/mol. The molecule has 0 saturated heterocycles. The van der Waals surface area contributed by atoms with Crippen LogP contribution in [0.15, 0.2) is 18.2 Å². The van der Waals surface area contributed by atoms with Gasteiger partial charge in [0, 0.05) is 17.8 Å². The fourth-order valence-electron chi connectivity index (χ4n) is 2.23. The predicted molar refractivity (Wildman–Crippen MR) is 73.8 cm³/mol. The van der Waals surface area contributed by atoms with E-state index in [0.29, 0.717) is 28.7 Å². The molecule has 0 aliphatic heterocycles. The number of carbonyl (C=O) groups excluding carboxylic acids is 1. The average molecular weight is 268 g/mol. The fourth-order valence-corrected chi connectivity index (χ4v) is 2.49. The number of nitrogens with two attached hydrogens (primary N) is 2. The number of hydrogen-bond donors (Lipinski definition) is 3. The molecule has 1 atom stereocenters. The normalized spacial score (nSPS) is 18.2. The Morgan fingerprint density at radius 3 is 2.72 bits per heavy atom. The van der Waals surface area contributed by atoms with Gasteiger partial charge in [-0.25, -0.2) is 0 Å². The monoisotopic (exact) mass is 267 g/mol. The van der Waals surface area contributed by atoms with E-state index in [2.05, 4.69) is 12.2 Å². The van der Waals surface area contributed by atoms with Crippen molar-refractivity contribution >= 4 is 23.2 Å². The molecule has 0 radical (unpaired) electrons. The number of rotatable bonds is 5. The van der Waals surface area contributed by atoms with Crippen LogP contribution in [0.1, 0.15) is 30.1 Å². The molecule has 1 aromatic carbocycles. The number of benzene rings is 1. The summed E-state index contributed by atoms with van der Waals surface area (Å²) < 4.78 is 0. The Hall–Kier alpha value is -1.26. The van der Waals surface area contributed by atoms with Gasteiger partial charge in [0.25, 0.3) is 5.91 Å². The Morgan fingerprint density at radius 1 is 1.56 bits per heavy atom. The highest BCUT2D eigenvalue weighted by atomic mass is 35.5. The molecule has 1 amide bonds. The fraction of sp³-hybridized carbons (Fsp3) is 0.462. The van der Waals surface area contributed by atoms with Gasteiger partial charge in [0.05, 0.1) is 10.6 Å². The maximum atomic E-state index is 11.5. The smallest absolute Gasteiger partial charge is 0.252 e. The molecule has 1 fully saturated rings. The molecule has 1 saturated carbocycles. The first kappa shape index (κ1) is 13.2. The standard InChI is InChI=1S/C13H18ClN3O/c1-13(7-15,8-5-6-8)17-10-4-2-3-9(14)11(10)12(16)18/h2-4,8,17H,5-7,15H2,1H3,(H2,16,18). The second-order valence-corrected chi connectivity index (χ2v) is 5.45. The van der Waals surface area contributed by atoms with Gasteiger partial charge in [-0.1, -0.05) is 17.7 Å². The van der Waals surface area contributed by atoms with E-state index in [1.165, 1.54) is 0 Å². The highest BCUT2D eigenvalue weighted by Crippen LogP contribution is 2.41. The molecule has 18 heavy (non-hydrogen) atoms. The zero-order valence-electron chi connectivity index (χ0n) is 10.4. The van der Waals surface area contributed by atoms with Crippen molar-refractivity contribution in [2.24, 2.45) is 17.4 Å². The van der Waals surface area contributed by atoms with Gasteiger partial charge in [-0.2, -0.15) is 0 Å². The first-order chi connectivity index (χ1) is 8.48. The number of hydrogen-bond acceptors (Lipinski definition) is 3. The van der Waals surface area contributed by atoms with Crippen molar-refractivity contribution in [3.05, 3.63) is 28.8 Å². The molecule has 1 aliphatic carbocycles. The van der Waals surface area contributed by atoms with Crippen molar-refractivity contribution in [2.75, 3.05) is 11.9 Å².